The molecular formula is C16H17N3O2. The smallest absolute Gasteiger partial charge is 0.271 e. The van der Waals surface area contributed by atoms with Gasteiger partial charge in [-0.05, 0) is 30.2 Å². The number of para-hydroxylation sites is 1. The van der Waals surface area contributed by atoms with Crippen molar-refractivity contribution in [3.63, 3.8) is 0 Å². The second-order valence-electron chi connectivity index (χ2n) is 5.24. The summed E-state index contributed by atoms with van der Waals surface area (Å²) in [7, 11) is 0. The largest absolute Gasteiger partial charge is 0.340 e. The van der Waals surface area contributed by atoms with Crippen LogP contribution >= 0.6 is 0 Å². The third-order valence-corrected chi connectivity index (χ3v) is 3.68. The molecule has 0 bridgehead atoms. The highest BCUT2D eigenvalue weighted by atomic mass is 16.6. The molecule has 0 unspecified atom stereocenters. The van der Waals surface area contributed by atoms with Gasteiger partial charge in [0.25, 0.3) is 5.69 Å². The minimum Gasteiger partial charge on any atom is -0.340 e. The molecule has 0 amide bonds. The molecule has 5 heteroatoms. The van der Waals surface area contributed by atoms with Crippen molar-refractivity contribution in [2.75, 3.05) is 18.0 Å². The maximum Gasteiger partial charge on any atom is 0.271 e. The molecule has 0 atom stereocenters. The Morgan fingerprint density at radius 1 is 1.24 bits per heavy atom. The number of anilines is 2. The fraction of sp³-hybridized carbons (Fsp3) is 0.250. The summed E-state index contributed by atoms with van der Waals surface area (Å²) in [5.74, 6) is 0. The summed E-state index contributed by atoms with van der Waals surface area (Å²) in [6.45, 7) is 4.34. The summed E-state index contributed by atoms with van der Waals surface area (Å²) < 4.78 is 0. The quantitative estimate of drug-likeness (QED) is 0.679. The van der Waals surface area contributed by atoms with Crippen molar-refractivity contribution in [1.82, 2.24) is 5.32 Å². The number of hydrogen-bond acceptors (Lipinski definition) is 4. The van der Waals surface area contributed by atoms with Gasteiger partial charge in [0.05, 0.1) is 4.92 Å². The number of nitrogens with one attached hydrogen (secondary N) is 1. The van der Waals surface area contributed by atoms with Gasteiger partial charge in [-0.25, -0.2) is 0 Å². The van der Waals surface area contributed by atoms with Crippen LogP contribution in [0.4, 0.5) is 17.1 Å². The Balaban J connectivity index is 2.09. The molecule has 1 aliphatic heterocycles. The maximum atomic E-state index is 11.1. The monoisotopic (exact) mass is 283 g/mol. The van der Waals surface area contributed by atoms with Crippen LogP contribution in [0.15, 0.2) is 42.5 Å². The van der Waals surface area contributed by atoms with Gasteiger partial charge in [0.2, 0.25) is 0 Å². The van der Waals surface area contributed by atoms with Gasteiger partial charge < -0.3 is 10.2 Å². The molecule has 3 rings (SSSR count). The molecule has 108 valence electrons. The zero-order chi connectivity index (χ0) is 14.8. The van der Waals surface area contributed by atoms with Crippen LogP contribution in [0.25, 0.3) is 0 Å². The van der Waals surface area contributed by atoms with Crippen molar-refractivity contribution in [2.24, 2.45) is 0 Å². The molecule has 0 spiro atoms. The zero-order valence-corrected chi connectivity index (χ0v) is 11.9. The van der Waals surface area contributed by atoms with E-state index in [2.05, 4.69) is 22.3 Å². The first-order valence-corrected chi connectivity index (χ1v) is 6.97. The summed E-state index contributed by atoms with van der Waals surface area (Å²) in [6, 6.07) is 13.4. The van der Waals surface area contributed by atoms with E-state index in [9.17, 15) is 10.1 Å². The van der Waals surface area contributed by atoms with E-state index in [0.717, 1.165) is 36.6 Å². The molecule has 0 aliphatic carbocycles. The Hall–Kier alpha value is -2.40. The number of fused-ring (bicyclic) bond motifs is 1. The van der Waals surface area contributed by atoms with Gasteiger partial charge in [0, 0.05) is 43.1 Å². The molecule has 1 aliphatic rings. The highest BCUT2D eigenvalue weighted by molar-refractivity contribution is 5.69. The molecule has 0 saturated carbocycles. The Morgan fingerprint density at radius 3 is 2.86 bits per heavy atom. The lowest BCUT2D eigenvalue weighted by Crippen LogP contribution is -2.24. The van der Waals surface area contributed by atoms with Crippen molar-refractivity contribution >= 4 is 17.1 Å². The number of nitro groups is 1. The number of aryl methyl sites for hydroxylation is 1. The van der Waals surface area contributed by atoms with Crippen molar-refractivity contribution < 1.29 is 4.92 Å². The van der Waals surface area contributed by atoms with Gasteiger partial charge in [-0.2, -0.15) is 0 Å². The highest BCUT2D eigenvalue weighted by Crippen LogP contribution is 2.32. The second kappa shape index (κ2) is 5.54. The van der Waals surface area contributed by atoms with Crippen LogP contribution in [-0.4, -0.2) is 18.0 Å². The average Bonchev–Trinajstić information content (AvgIpc) is 2.69. The minimum atomic E-state index is -0.335. The molecule has 1 N–H and O–H groups in total. The van der Waals surface area contributed by atoms with Gasteiger partial charge in [-0.1, -0.05) is 18.2 Å². The third-order valence-electron chi connectivity index (χ3n) is 3.68. The van der Waals surface area contributed by atoms with Crippen LogP contribution in [0.5, 0.6) is 0 Å². The zero-order valence-electron chi connectivity index (χ0n) is 11.9. The average molecular weight is 283 g/mol. The standard InChI is InChI=1S/C16H17N3O2/c1-12-8-14(10-15(9-12)19(20)21)18-7-6-17-11-13-4-2-3-5-16(13)18/h2-5,8-10,17H,6-7,11H2,1H3. The van der Waals surface area contributed by atoms with E-state index in [1.165, 1.54) is 5.56 Å². The Morgan fingerprint density at radius 2 is 2.05 bits per heavy atom. The minimum absolute atomic E-state index is 0.139. The number of benzene rings is 2. The fourth-order valence-electron chi connectivity index (χ4n) is 2.73. The van der Waals surface area contributed by atoms with Crippen LogP contribution in [0, 0.1) is 17.0 Å². The van der Waals surface area contributed by atoms with Gasteiger partial charge in [0.1, 0.15) is 0 Å². The molecular weight excluding hydrogens is 266 g/mol. The van der Waals surface area contributed by atoms with Crippen LogP contribution < -0.4 is 10.2 Å². The van der Waals surface area contributed by atoms with Crippen molar-refractivity contribution in [3.8, 4) is 0 Å². The number of nitrogens with zero attached hydrogens (tertiary/aromatic N) is 2. The number of nitro benzene ring substituents is 1. The van der Waals surface area contributed by atoms with Gasteiger partial charge in [-0.3, -0.25) is 10.1 Å². The van der Waals surface area contributed by atoms with E-state index in [1.54, 1.807) is 12.1 Å². The third kappa shape index (κ3) is 2.73. The lowest BCUT2D eigenvalue weighted by Gasteiger charge is -2.25. The molecule has 21 heavy (non-hydrogen) atoms. The molecule has 2 aromatic carbocycles. The predicted octanol–water partition coefficient (Wildman–Crippen LogP) is 3.14. The number of non-ortho nitro benzene ring substituents is 1. The van der Waals surface area contributed by atoms with Gasteiger partial charge in [0.15, 0.2) is 0 Å². The topological polar surface area (TPSA) is 58.4 Å². The normalized spacial score (nSPS) is 14.4. The lowest BCUT2D eigenvalue weighted by atomic mass is 10.1. The molecule has 0 fully saturated rings. The highest BCUT2D eigenvalue weighted by Gasteiger charge is 2.18. The SMILES string of the molecule is Cc1cc(N2CCNCc3ccccc32)cc([N+](=O)[O-])c1. The molecule has 5 nitrogen and oxygen atoms in total. The summed E-state index contributed by atoms with van der Waals surface area (Å²) >= 11 is 0. The van der Waals surface area contributed by atoms with Gasteiger partial charge >= 0.3 is 0 Å². The number of rotatable bonds is 2. The Bertz CT molecular complexity index is 685. The van der Waals surface area contributed by atoms with E-state index in [-0.39, 0.29) is 10.6 Å². The Labute approximate surface area is 123 Å². The van der Waals surface area contributed by atoms with Crippen molar-refractivity contribution in [1.29, 1.82) is 0 Å². The van der Waals surface area contributed by atoms with Crippen LogP contribution in [0.3, 0.4) is 0 Å². The van der Waals surface area contributed by atoms with Crippen LogP contribution in [0.2, 0.25) is 0 Å². The molecule has 0 saturated heterocycles. The molecule has 1 heterocycles. The summed E-state index contributed by atoms with van der Waals surface area (Å²) in [4.78, 5) is 12.9. The molecule has 2 aromatic rings. The van der Waals surface area contributed by atoms with Crippen molar-refractivity contribution in [3.05, 3.63) is 63.7 Å². The van der Waals surface area contributed by atoms with Crippen LogP contribution in [0.1, 0.15) is 11.1 Å². The predicted molar refractivity (Wildman–Crippen MR) is 83.0 cm³/mol. The maximum absolute atomic E-state index is 11.1. The number of hydrogen-bond donors (Lipinski definition) is 1. The van der Waals surface area contributed by atoms with E-state index in [0.29, 0.717) is 0 Å². The molecule has 0 aromatic heterocycles. The summed E-state index contributed by atoms with van der Waals surface area (Å²) in [5, 5.41) is 14.5. The second-order valence-corrected chi connectivity index (χ2v) is 5.24. The Kier molecular flexibility index (Phi) is 3.58. The first-order valence-electron chi connectivity index (χ1n) is 6.97. The fourth-order valence-corrected chi connectivity index (χ4v) is 2.73. The molecule has 0 radical (unpaired) electrons. The van der Waals surface area contributed by atoms with Gasteiger partial charge in [-0.15, -0.1) is 0 Å². The van der Waals surface area contributed by atoms with Crippen LogP contribution in [-0.2, 0) is 6.54 Å². The van der Waals surface area contributed by atoms with E-state index < -0.39 is 0 Å². The van der Waals surface area contributed by atoms with Crippen molar-refractivity contribution in [2.45, 2.75) is 13.5 Å². The lowest BCUT2D eigenvalue weighted by molar-refractivity contribution is -0.384. The first kappa shape index (κ1) is 13.6. The van der Waals surface area contributed by atoms with E-state index >= 15 is 0 Å². The van der Waals surface area contributed by atoms with E-state index in [1.807, 2.05) is 25.1 Å². The van der Waals surface area contributed by atoms with E-state index in [4.69, 9.17) is 0 Å². The summed E-state index contributed by atoms with van der Waals surface area (Å²) in [6.07, 6.45) is 0. The summed E-state index contributed by atoms with van der Waals surface area (Å²) in [5.41, 5.74) is 4.23. The first-order chi connectivity index (χ1) is 10.1.